The lowest BCUT2D eigenvalue weighted by Crippen LogP contribution is -2.54. The second-order valence-electron chi connectivity index (χ2n) is 7.79. The number of piperidine rings is 1. The fraction of sp³-hybridized carbons (Fsp3) is 0.524. The van der Waals surface area contributed by atoms with Gasteiger partial charge in [0.15, 0.2) is 0 Å². The van der Waals surface area contributed by atoms with Crippen LogP contribution in [0.1, 0.15) is 60.7 Å². The molecule has 32 heavy (non-hydrogen) atoms. The molecule has 1 N–H and O–H groups in total. The summed E-state index contributed by atoms with van der Waals surface area (Å²) in [6, 6.07) is 1.43. The monoisotopic (exact) mass is 579 g/mol. The number of carbonyl (C=O) groups is 4. The zero-order chi connectivity index (χ0) is 24.0. The Kier molecular flexibility index (Phi) is 9.89. The minimum absolute atomic E-state index is 0.0439. The smallest absolute Gasteiger partial charge is 0.262 e. The standard InChI is InChI=1S/C20H24FN3O4.CH3IOS/c1-4-23(8-7-11(2)3)16-10-13-12(9-14(16)21)19(27)24(20(13)28)15-5-6-17(25)22-18(15)26;1-3-4-2/h9-11,15H,4-8H2,1-3H3,(H,22,25,26);1H3. The Morgan fingerprint density at radius 3 is 2.34 bits per heavy atom. The van der Waals surface area contributed by atoms with Gasteiger partial charge in [-0.3, -0.25) is 29.4 Å². The number of carbonyl (C=O) groups excluding carboxylic acids is 4. The van der Waals surface area contributed by atoms with E-state index in [4.69, 9.17) is 0 Å². The summed E-state index contributed by atoms with van der Waals surface area (Å²) in [6.07, 6.45) is 0.975. The van der Waals surface area contributed by atoms with E-state index < -0.39 is 35.5 Å². The highest BCUT2D eigenvalue weighted by atomic mass is 127. The molecule has 4 amide bonds. The van der Waals surface area contributed by atoms with E-state index in [9.17, 15) is 23.6 Å². The Morgan fingerprint density at radius 2 is 1.84 bits per heavy atom. The maximum atomic E-state index is 14.8. The number of benzene rings is 1. The van der Waals surface area contributed by atoms with Crippen LogP contribution in [0.5, 0.6) is 0 Å². The molecule has 2 aliphatic heterocycles. The maximum Gasteiger partial charge on any atom is 0.262 e. The van der Waals surface area contributed by atoms with Crippen molar-refractivity contribution in [1.82, 2.24) is 10.2 Å². The van der Waals surface area contributed by atoms with Crippen LogP contribution in [0.2, 0.25) is 0 Å². The van der Waals surface area contributed by atoms with E-state index >= 15 is 0 Å². The Hall–Kier alpha value is -1.73. The van der Waals surface area contributed by atoms with Gasteiger partial charge in [0.05, 0.1) is 33.1 Å². The van der Waals surface area contributed by atoms with E-state index in [1.807, 2.05) is 33.0 Å². The largest absolute Gasteiger partial charge is 0.369 e. The van der Waals surface area contributed by atoms with Gasteiger partial charge in [0.25, 0.3) is 11.8 Å². The number of hydrogen-bond donors (Lipinski definition) is 1. The molecule has 11 heteroatoms. The quantitative estimate of drug-likeness (QED) is 0.299. The molecule has 1 atom stereocenters. The van der Waals surface area contributed by atoms with Crippen LogP contribution in [0, 0.1) is 11.7 Å². The number of rotatable bonds is 7. The third kappa shape index (κ3) is 5.98. The summed E-state index contributed by atoms with van der Waals surface area (Å²) in [5, 5.41) is 2.15. The van der Waals surface area contributed by atoms with Crippen LogP contribution < -0.4 is 10.2 Å². The van der Waals surface area contributed by atoms with E-state index in [2.05, 4.69) is 23.3 Å². The normalized spacial score (nSPS) is 17.8. The van der Waals surface area contributed by atoms with Crippen molar-refractivity contribution in [1.29, 1.82) is 0 Å². The molecular formula is C21H27FIN3O5S. The Balaban J connectivity index is 0.000000837. The molecule has 2 aliphatic rings. The first-order valence-corrected chi connectivity index (χ1v) is 13.6. The zero-order valence-corrected chi connectivity index (χ0v) is 21.4. The summed E-state index contributed by atoms with van der Waals surface area (Å²) in [6.45, 7) is 7.24. The molecule has 0 radical (unpaired) electrons. The van der Waals surface area contributed by atoms with Gasteiger partial charge in [-0.25, -0.2) is 4.39 Å². The van der Waals surface area contributed by atoms with Crippen molar-refractivity contribution < 1.29 is 27.8 Å². The van der Waals surface area contributed by atoms with Gasteiger partial charge in [0, 0.05) is 40.7 Å². The van der Waals surface area contributed by atoms with Gasteiger partial charge in [0.2, 0.25) is 11.8 Å². The zero-order valence-electron chi connectivity index (χ0n) is 18.4. The summed E-state index contributed by atoms with van der Waals surface area (Å²) < 4.78 is 19.2. The van der Waals surface area contributed by atoms with E-state index in [1.54, 1.807) is 7.11 Å². The van der Waals surface area contributed by atoms with Crippen LogP contribution >= 0.6 is 30.4 Å². The minimum atomic E-state index is -1.06. The third-order valence-corrected chi connectivity index (χ3v) is 6.47. The van der Waals surface area contributed by atoms with Gasteiger partial charge in [-0.1, -0.05) is 13.8 Å². The Labute approximate surface area is 203 Å². The van der Waals surface area contributed by atoms with Crippen LogP contribution in [-0.2, 0) is 13.8 Å². The highest BCUT2D eigenvalue weighted by molar-refractivity contribution is 14.2. The molecule has 176 valence electrons. The van der Waals surface area contributed by atoms with Crippen molar-refractivity contribution in [2.45, 2.75) is 46.1 Å². The molecule has 1 aromatic carbocycles. The van der Waals surface area contributed by atoms with Gasteiger partial charge >= 0.3 is 0 Å². The molecule has 1 saturated heterocycles. The summed E-state index contributed by atoms with van der Waals surface area (Å²) in [4.78, 5) is 51.7. The number of amides is 4. The number of nitrogens with zero attached hydrogens (tertiary/aromatic N) is 2. The van der Waals surface area contributed by atoms with E-state index in [0.29, 0.717) is 19.0 Å². The fourth-order valence-electron chi connectivity index (χ4n) is 3.58. The first kappa shape index (κ1) is 26.5. The number of hydrogen-bond acceptors (Lipinski definition) is 7. The molecule has 0 bridgehead atoms. The average molecular weight is 579 g/mol. The predicted octanol–water partition coefficient (Wildman–Crippen LogP) is 3.73. The number of fused-ring (bicyclic) bond motifs is 1. The first-order chi connectivity index (χ1) is 15.2. The second kappa shape index (κ2) is 11.9. The summed E-state index contributed by atoms with van der Waals surface area (Å²) in [7, 11) is 2.96. The van der Waals surface area contributed by atoms with Gasteiger partial charge in [0.1, 0.15) is 11.9 Å². The SMILES string of the molecule is CCN(CCC(C)C)c1cc2c(cc1F)C(=O)N(C1CCC(=O)NC1=O)C2=O.COSI. The molecular weight excluding hydrogens is 552 g/mol. The van der Waals surface area contributed by atoms with Crippen LogP contribution in [0.3, 0.4) is 0 Å². The third-order valence-electron chi connectivity index (χ3n) is 5.27. The van der Waals surface area contributed by atoms with Crippen molar-refractivity contribution in [3.63, 3.8) is 0 Å². The lowest BCUT2D eigenvalue weighted by Gasteiger charge is -2.27. The molecule has 2 heterocycles. The topological polar surface area (TPSA) is 96.0 Å². The van der Waals surface area contributed by atoms with Crippen LogP contribution in [-0.4, -0.2) is 54.8 Å². The molecule has 0 aromatic heterocycles. The molecule has 8 nitrogen and oxygen atoms in total. The van der Waals surface area contributed by atoms with Crippen LogP contribution in [0.15, 0.2) is 12.1 Å². The van der Waals surface area contributed by atoms with E-state index in [-0.39, 0.29) is 29.7 Å². The molecule has 3 rings (SSSR count). The van der Waals surface area contributed by atoms with Crippen molar-refractivity contribution in [3.8, 4) is 0 Å². The maximum absolute atomic E-state index is 14.8. The number of anilines is 1. The van der Waals surface area contributed by atoms with Crippen molar-refractivity contribution >= 4 is 59.7 Å². The molecule has 1 unspecified atom stereocenters. The lowest BCUT2D eigenvalue weighted by atomic mass is 10.0. The molecule has 0 saturated carbocycles. The van der Waals surface area contributed by atoms with Crippen molar-refractivity contribution in [3.05, 3.63) is 29.1 Å². The highest BCUT2D eigenvalue weighted by Crippen LogP contribution is 2.32. The summed E-state index contributed by atoms with van der Waals surface area (Å²) in [5.74, 6) is -2.58. The van der Waals surface area contributed by atoms with Crippen molar-refractivity contribution in [2.24, 2.45) is 5.92 Å². The minimum Gasteiger partial charge on any atom is -0.369 e. The van der Waals surface area contributed by atoms with Crippen LogP contribution in [0.4, 0.5) is 10.1 Å². The predicted molar refractivity (Wildman–Crippen MR) is 129 cm³/mol. The molecule has 1 aromatic rings. The van der Waals surface area contributed by atoms with Crippen LogP contribution in [0.25, 0.3) is 0 Å². The summed E-state index contributed by atoms with van der Waals surface area (Å²) in [5.41, 5.74) is 0.318. The van der Waals surface area contributed by atoms with Gasteiger partial charge in [-0.2, -0.15) is 0 Å². The summed E-state index contributed by atoms with van der Waals surface area (Å²) >= 11 is 2.05. The van der Waals surface area contributed by atoms with Gasteiger partial charge in [-0.05, 0) is 37.8 Å². The van der Waals surface area contributed by atoms with Gasteiger partial charge in [-0.15, -0.1) is 0 Å². The average Bonchev–Trinajstić information content (AvgIpc) is 2.98. The second-order valence-corrected chi connectivity index (χ2v) is 9.33. The number of imide groups is 2. The molecule has 0 spiro atoms. The number of nitrogens with one attached hydrogen (secondary N) is 1. The molecule has 1 fully saturated rings. The number of halogens is 2. The lowest BCUT2D eigenvalue weighted by molar-refractivity contribution is -0.136. The Bertz CT molecular complexity index is 896. The van der Waals surface area contributed by atoms with Gasteiger partial charge < -0.3 is 9.08 Å². The van der Waals surface area contributed by atoms with E-state index in [1.165, 1.54) is 15.3 Å². The molecule has 0 aliphatic carbocycles. The highest BCUT2D eigenvalue weighted by Gasteiger charge is 2.45. The van der Waals surface area contributed by atoms with E-state index in [0.717, 1.165) is 17.4 Å². The fourth-order valence-corrected chi connectivity index (χ4v) is 3.58. The van der Waals surface area contributed by atoms with Crippen molar-refractivity contribution in [2.75, 3.05) is 25.1 Å². The first-order valence-electron chi connectivity index (χ1n) is 10.3. The Morgan fingerprint density at radius 1 is 1.25 bits per heavy atom.